The van der Waals surface area contributed by atoms with E-state index in [9.17, 15) is 19.7 Å². The molecule has 8 heteroatoms. The molecule has 1 atom stereocenters. The lowest BCUT2D eigenvalue weighted by Gasteiger charge is -2.35. The van der Waals surface area contributed by atoms with Gasteiger partial charge in [0.15, 0.2) is 10.6 Å². The van der Waals surface area contributed by atoms with E-state index in [1.165, 1.54) is 23.5 Å². The number of fused-ring (bicyclic) bond motifs is 1. The maximum atomic E-state index is 13.5. The molecule has 0 saturated carbocycles. The summed E-state index contributed by atoms with van der Waals surface area (Å²) in [6.07, 6.45) is 2.71. The summed E-state index contributed by atoms with van der Waals surface area (Å²) in [6, 6.07) is 15.2. The van der Waals surface area contributed by atoms with Gasteiger partial charge in [0, 0.05) is 24.1 Å². The van der Waals surface area contributed by atoms with Gasteiger partial charge < -0.3 is 0 Å². The molecule has 7 nitrogen and oxygen atoms in total. The van der Waals surface area contributed by atoms with Gasteiger partial charge in [-0.3, -0.25) is 24.3 Å². The van der Waals surface area contributed by atoms with Gasteiger partial charge in [-0.05, 0) is 29.0 Å². The summed E-state index contributed by atoms with van der Waals surface area (Å²) in [5.41, 5.74) is 2.26. The highest BCUT2D eigenvalue weighted by Gasteiger charge is 2.40. The van der Waals surface area contributed by atoms with Crippen molar-refractivity contribution in [2.24, 2.45) is 10.4 Å². The number of thiazole rings is 1. The molecule has 0 amide bonds. The second-order valence-corrected chi connectivity index (χ2v) is 10.2. The van der Waals surface area contributed by atoms with E-state index in [1.807, 2.05) is 30.3 Å². The lowest BCUT2D eigenvalue weighted by molar-refractivity contribution is -0.384. The van der Waals surface area contributed by atoms with Crippen LogP contribution < -0.4 is 14.9 Å². The lowest BCUT2D eigenvalue weighted by atomic mass is 9.73. The van der Waals surface area contributed by atoms with E-state index in [4.69, 9.17) is 4.99 Å². The van der Waals surface area contributed by atoms with Crippen molar-refractivity contribution < 1.29 is 9.72 Å². The standard InChI is InChI=1S/C25H21N3O4S/c1-25(2)13-18-21(19(29)14-25)22(16-8-4-3-5-9-16)27-23(30)20(33-24(27)26-18)12-15-7-6-10-17(11-15)28(31)32/h3-12,22H,13-14H2,1-2H3. The third-order valence-electron chi connectivity index (χ3n) is 5.99. The predicted molar refractivity (Wildman–Crippen MR) is 126 cm³/mol. The van der Waals surface area contributed by atoms with Crippen molar-refractivity contribution in [2.45, 2.75) is 32.7 Å². The molecule has 2 heterocycles. The van der Waals surface area contributed by atoms with Crippen LogP contribution in [0.1, 0.15) is 43.9 Å². The van der Waals surface area contributed by atoms with E-state index in [0.717, 1.165) is 11.3 Å². The SMILES string of the molecule is CC1(C)CC(=O)C2=C(C1)N=c1sc(=Cc3cccc([N+](=O)[O-])c3)c(=O)n1C2c1ccccc1. The summed E-state index contributed by atoms with van der Waals surface area (Å²) in [5, 5.41) is 11.1. The molecule has 0 saturated heterocycles. The number of benzene rings is 2. The summed E-state index contributed by atoms with van der Waals surface area (Å²) < 4.78 is 2.01. The van der Waals surface area contributed by atoms with Crippen LogP contribution in [0.4, 0.5) is 5.69 Å². The number of allylic oxidation sites excluding steroid dienone is 2. The van der Waals surface area contributed by atoms with Crippen molar-refractivity contribution >= 4 is 28.9 Å². The Hall–Kier alpha value is -3.65. The van der Waals surface area contributed by atoms with Crippen LogP contribution in [-0.4, -0.2) is 15.3 Å². The van der Waals surface area contributed by atoms with Crippen LogP contribution in [0.2, 0.25) is 0 Å². The first-order valence-corrected chi connectivity index (χ1v) is 11.4. The average molecular weight is 460 g/mol. The number of aromatic nitrogens is 1. The number of nitrogens with zero attached hydrogens (tertiary/aromatic N) is 3. The Balaban J connectivity index is 1.75. The first-order valence-electron chi connectivity index (χ1n) is 10.6. The van der Waals surface area contributed by atoms with E-state index in [-0.39, 0.29) is 22.4 Å². The van der Waals surface area contributed by atoms with Crippen molar-refractivity contribution in [2.75, 3.05) is 0 Å². The maximum Gasteiger partial charge on any atom is 0.271 e. The van der Waals surface area contributed by atoms with Crippen LogP contribution in [-0.2, 0) is 4.79 Å². The number of rotatable bonds is 3. The van der Waals surface area contributed by atoms with Gasteiger partial charge in [-0.1, -0.05) is 67.6 Å². The number of Topliss-reactive ketones (excluding diaryl/α,β-unsaturated/α-hetero) is 1. The van der Waals surface area contributed by atoms with Gasteiger partial charge in [0.05, 0.1) is 21.2 Å². The number of non-ortho nitro benzene ring substituents is 1. The molecule has 2 aliphatic rings. The molecular formula is C25H21N3O4S. The Morgan fingerprint density at radius 3 is 2.61 bits per heavy atom. The fraction of sp³-hybridized carbons (Fsp3) is 0.240. The molecule has 1 unspecified atom stereocenters. The molecule has 33 heavy (non-hydrogen) atoms. The molecule has 1 aromatic heterocycles. The van der Waals surface area contributed by atoms with E-state index in [1.54, 1.807) is 22.8 Å². The minimum atomic E-state index is -0.534. The van der Waals surface area contributed by atoms with E-state index >= 15 is 0 Å². The van der Waals surface area contributed by atoms with Crippen molar-refractivity contribution in [3.8, 4) is 0 Å². The number of nitro benzene ring substituents is 1. The van der Waals surface area contributed by atoms with Crippen LogP contribution in [0.25, 0.3) is 6.08 Å². The molecule has 0 bridgehead atoms. The summed E-state index contributed by atoms with van der Waals surface area (Å²) in [5.74, 6) is 0.0202. The van der Waals surface area contributed by atoms with Gasteiger partial charge in [-0.25, -0.2) is 4.99 Å². The number of carbonyl (C=O) groups is 1. The number of hydrogen-bond acceptors (Lipinski definition) is 6. The van der Waals surface area contributed by atoms with Crippen LogP contribution >= 0.6 is 11.3 Å². The van der Waals surface area contributed by atoms with E-state index < -0.39 is 11.0 Å². The predicted octanol–water partition coefficient (Wildman–Crippen LogP) is 3.51. The van der Waals surface area contributed by atoms with E-state index in [0.29, 0.717) is 33.3 Å². The molecule has 0 N–H and O–H groups in total. The third kappa shape index (κ3) is 3.76. The fourth-order valence-corrected chi connectivity index (χ4v) is 5.60. The molecule has 1 aliphatic heterocycles. The second kappa shape index (κ2) is 7.74. The van der Waals surface area contributed by atoms with Crippen LogP contribution in [0, 0.1) is 15.5 Å². The monoisotopic (exact) mass is 459 g/mol. The summed E-state index contributed by atoms with van der Waals surface area (Å²) in [4.78, 5) is 42.8. The number of nitro groups is 1. The molecular weight excluding hydrogens is 438 g/mol. The van der Waals surface area contributed by atoms with Gasteiger partial charge >= 0.3 is 0 Å². The van der Waals surface area contributed by atoms with E-state index in [2.05, 4.69) is 13.8 Å². The van der Waals surface area contributed by atoms with Gasteiger partial charge in [-0.2, -0.15) is 0 Å². The quantitative estimate of drug-likeness (QED) is 0.442. The molecule has 1 aliphatic carbocycles. The Morgan fingerprint density at radius 2 is 1.88 bits per heavy atom. The summed E-state index contributed by atoms with van der Waals surface area (Å²) in [6.45, 7) is 4.11. The largest absolute Gasteiger partial charge is 0.294 e. The third-order valence-corrected chi connectivity index (χ3v) is 6.97. The highest BCUT2D eigenvalue weighted by Crippen LogP contribution is 2.43. The normalized spacial score (nSPS) is 19.6. The smallest absolute Gasteiger partial charge is 0.271 e. The van der Waals surface area contributed by atoms with Crippen molar-refractivity contribution in [3.05, 3.63) is 107 Å². The number of ketones is 1. The topological polar surface area (TPSA) is 94.6 Å². The molecule has 0 radical (unpaired) electrons. The summed E-state index contributed by atoms with van der Waals surface area (Å²) >= 11 is 1.24. The van der Waals surface area contributed by atoms with Gasteiger partial charge in [-0.15, -0.1) is 0 Å². The van der Waals surface area contributed by atoms with Crippen molar-refractivity contribution in [1.82, 2.24) is 4.57 Å². The van der Waals surface area contributed by atoms with Gasteiger partial charge in [0.2, 0.25) is 0 Å². The number of carbonyl (C=O) groups excluding carboxylic acids is 1. The molecule has 3 aromatic rings. The first-order chi connectivity index (χ1) is 15.7. The molecule has 0 fully saturated rings. The molecule has 5 rings (SSSR count). The zero-order valence-electron chi connectivity index (χ0n) is 18.1. The Morgan fingerprint density at radius 1 is 1.12 bits per heavy atom. The van der Waals surface area contributed by atoms with Gasteiger partial charge in [0.25, 0.3) is 11.2 Å². The maximum absolute atomic E-state index is 13.5. The Kier molecular flexibility index (Phi) is 4.97. The average Bonchev–Trinajstić information content (AvgIpc) is 3.07. The minimum absolute atomic E-state index is 0.0202. The summed E-state index contributed by atoms with van der Waals surface area (Å²) in [7, 11) is 0. The molecule has 2 aromatic carbocycles. The zero-order valence-corrected chi connectivity index (χ0v) is 19.0. The lowest BCUT2D eigenvalue weighted by Crippen LogP contribution is -2.42. The van der Waals surface area contributed by atoms with Crippen LogP contribution in [0.15, 0.2) is 75.7 Å². The zero-order chi connectivity index (χ0) is 23.3. The van der Waals surface area contributed by atoms with Crippen molar-refractivity contribution in [3.63, 3.8) is 0 Å². The highest BCUT2D eigenvalue weighted by molar-refractivity contribution is 7.07. The van der Waals surface area contributed by atoms with Crippen LogP contribution in [0.3, 0.4) is 0 Å². The molecule has 166 valence electrons. The Bertz CT molecular complexity index is 1510. The Labute approximate surface area is 193 Å². The molecule has 0 spiro atoms. The second-order valence-electron chi connectivity index (χ2n) is 9.15. The fourth-order valence-electron chi connectivity index (χ4n) is 4.58. The van der Waals surface area contributed by atoms with Crippen LogP contribution in [0.5, 0.6) is 0 Å². The number of hydrogen-bond donors (Lipinski definition) is 0. The minimum Gasteiger partial charge on any atom is -0.294 e. The van der Waals surface area contributed by atoms with Gasteiger partial charge in [0.1, 0.15) is 0 Å². The highest BCUT2D eigenvalue weighted by atomic mass is 32.1. The van der Waals surface area contributed by atoms with Crippen molar-refractivity contribution in [1.29, 1.82) is 0 Å². The first kappa shape index (κ1) is 21.2.